The Hall–Kier alpha value is -2.37. The van der Waals surface area contributed by atoms with E-state index in [9.17, 15) is 14.4 Å². The molecule has 0 aliphatic carbocycles. The number of esters is 1. The molecule has 0 saturated carbocycles. The Morgan fingerprint density at radius 1 is 1.35 bits per heavy atom. The summed E-state index contributed by atoms with van der Waals surface area (Å²) in [6.45, 7) is 2.57. The molecule has 6 heteroatoms. The maximum absolute atomic E-state index is 12.4. The molecule has 1 atom stereocenters. The van der Waals surface area contributed by atoms with Crippen LogP contribution in [0.3, 0.4) is 0 Å². The number of nitrogens with zero attached hydrogens (tertiary/aromatic N) is 1. The lowest BCUT2D eigenvalue weighted by Gasteiger charge is -2.32. The maximum atomic E-state index is 12.4. The molecular weight excluding hydrogens is 260 g/mol. The summed E-state index contributed by atoms with van der Waals surface area (Å²) in [7, 11) is 1.29. The van der Waals surface area contributed by atoms with Gasteiger partial charge in [0.05, 0.1) is 12.7 Å². The Labute approximate surface area is 116 Å². The molecule has 0 radical (unpaired) electrons. The Morgan fingerprint density at radius 2 is 2.05 bits per heavy atom. The van der Waals surface area contributed by atoms with Gasteiger partial charge in [-0.2, -0.15) is 0 Å². The van der Waals surface area contributed by atoms with Crippen LogP contribution in [0.25, 0.3) is 0 Å². The first-order valence-corrected chi connectivity index (χ1v) is 6.31. The molecule has 1 heterocycles. The van der Waals surface area contributed by atoms with Crippen LogP contribution in [0.2, 0.25) is 0 Å². The summed E-state index contributed by atoms with van der Waals surface area (Å²) in [5.74, 6) is -0.934. The molecule has 20 heavy (non-hydrogen) atoms. The van der Waals surface area contributed by atoms with Gasteiger partial charge in [0, 0.05) is 18.7 Å². The van der Waals surface area contributed by atoms with Crippen LogP contribution in [-0.4, -0.2) is 48.9 Å². The van der Waals surface area contributed by atoms with Gasteiger partial charge in [0.1, 0.15) is 6.04 Å². The fourth-order valence-electron chi connectivity index (χ4n) is 2.12. The van der Waals surface area contributed by atoms with Gasteiger partial charge in [0.2, 0.25) is 5.91 Å². The fourth-order valence-corrected chi connectivity index (χ4v) is 2.12. The van der Waals surface area contributed by atoms with Crippen molar-refractivity contribution in [1.82, 2.24) is 10.2 Å². The second-order valence-electron chi connectivity index (χ2n) is 4.54. The normalized spacial score (nSPS) is 18.4. The Balaban J connectivity index is 2.24. The predicted octanol–water partition coefficient (Wildman–Crippen LogP) is 0.434. The molecule has 0 bridgehead atoms. The predicted molar refractivity (Wildman–Crippen MR) is 71.3 cm³/mol. The second kappa shape index (κ2) is 5.73. The number of amides is 2. The molecule has 1 saturated heterocycles. The van der Waals surface area contributed by atoms with Gasteiger partial charge in [0.15, 0.2) is 0 Å². The van der Waals surface area contributed by atoms with Crippen LogP contribution in [-0.2, 0) is 9.53 Å². The maximum Gasteiger partial charge on any atom is 0.337 e. The summed E-state index contributed by atoms with van der Waals surface area (Å²) >= 11 is 0. The van der Waals surface area contributed by atoms with Gasteiger partial charge in [-0.25, -0.2) is 4.79 Å². The Kier molecular flexibility index (Phi) is 4.02. The van der Waals surface area contributed by atoms with E-state index in [0.717, 1.165) is 0 Å². The standard InChI is InChI=1S/C14H16N2O4/c1-9-12(17)15-6-7-16(9)13(18)10-4-3-5-11(8-10)14(19)20-2/h3-5,8-9H,6-7H2,1-2H3,(H,15,17)/t9-/m0/s1. The lowest BCUT2D eigenvalue weighted by atomic mass is 10.1. The smallest absolute Gasteiger partial charge is 0.337 e. The molecule has 106 valence electrons. The van der Waals surface area contributed by atoms with Gasteiger partial charge in [-0.3, -0.25) is 9.59 Å². The van der Waals surface area contributed by atoms with Crippen LogP contribution in [0.1, 0.15) is 27.6 Å². The minimum atomic E-state index is -0.516. The van der Waals surface area contributed by atoms with Crippen LogP contribution >= 0.6 is 0 Å². The number of carbonyl (C=O) groups is 3. The molecule has 1 aromatic rings. The highest BCUT2D eigenvalue weighted by molar-refractivity contribution is 6.00. The first-order valence-electron chi connectivity index (χ1n) is 6.31. The molecule has 1 N–H and O–H groups in total. The minimum absolute atomic E-state index is 0.172. The van der Waals surface area contributed by atoms with Crippen molar-refractivity contribution in [2.24, 2.45) is 0 Å². The molecule has 1 aromatic carbocycles. The summed E-state index contributed by atoms with van der Waals surface area (Å²) in [6, 6.07) is 5.78. The van der Waals surface area contributed by atoms with Gasteiger partial charge in [0.25, 0.3) is 5.91 Å². The lowest BCUT2D eigenvalue weighted by molar-refractivity contribution is -0.127. The van der Waals surface area contributed by atoms with Crippen molar-refractivity contribution < 1.29 is 19.1 Å². The average molecular weight is 276 g/mol. The number of carbonyl (C=O) groups excluding carboxylic acids is 3. The average Bonchev–Trinajstić information content (AvgIpc) is 2.48. The third-order valence-corrected chi connectivity index (χ3v) is 3.29. The van der Waals surface area contributed by atoms with Gasteiger partial charge in [-0.05, 0) is 25.1 Å². The zero-order valence-corrected chi connectivity index (χ0v) is 11.4. The zero-order valence-electron chi connectivity index (χ0n) is 11.4. The van der Waals surface area contributed by atoms with Crippen LogP contribution in [0.15, 0.2) is 24.3 Å². The van der Waals surface area contributed by atoms with Crippen LogP contribution < -0.4 is 5.32 Å². The molecule has 1 aliphatic heterocycles. The van der Waals surface area contributed by atoms with E-state index in [-0.39, 0.29) is 11.8 Å². The highest BCUT2D eigenvalue weighted by atomic mass is 16.5. The zero-order chi connectivity index (χ0) is 14.7. The summed E-state index contributed by atoms with van der Waals surface area (Å²) < 4.78 is 4.63. The van der Waals surface area contributed by atoms with E-state index in [0.29, 0.717) is 24.2 Å². The minimum Gasteiger partial charge on any atom is -0.465 e. The van der Waals surface area contributed by atoms with E-state index >= 15 is 0 Å². The summed E-state index contributed by atoms with van der Waals surface area (Å²) in [6.07, 6.45) is 0. The number of benzene rings is 1. The van der Waals surface area contributed by atoms with Crippen LogP contribution in [0.4, 0.5) is 0 Å². The molecule has 0 unspecified atom stereocenters. The number of hydrogen-bond donors (Lipinski definition) is 1. The van der Waals surface area contributed by atoms with E-state index in [1.165, 1.54) is 18.1 Å². The van der Waals surface area contributed by atoms with E-state index in [4.69, 9.17) is 0 Å². The molecule has 1 fully saturated rings. The number of ether oxygens (including phenoxy) is 1. The SMILES string of the molecule is COC(=O)c1cccc(C(=O)N2CCNC(=O)[C@@H]2C)c1. The molecule has 2 amide bonds. The monoisotopic (exact) mass is 276 g/mol. The van der Waals surface area contributed by atoms with Crippen molar-refractivity contribution in [3.8, 4) is 0 Å². The van der Waals surface area contributed by atoms with Gasteiger partial charge < -0.3 is 15.0 Å². The summed E-state index contributed by atoms with van der Waals surface area (Å²) in [5, 5.41) is 2.70. The highest BCUT2D eigenvalue weighted by Gasteiger charge is 2.30. The highest BCUT2D eigenvalue weighted by Crippen LogP contribution is 2.13. The van der Waals surface area contributed by atoms with E-state index < -0.39 is 12.0 Å². The molecular formula is C14H16N2O4. The van der Waals surface area contributed by atoms with Crippen molar-refractivity contribution in [3.05, 3.63) is 35.4 Å². The van der Waals surface area contributed by atoms with Crippen molar-refractivity contribution in [2.75, 3.05) is 20.2 Å². The third kappa shape index (κ3) is 2.64. The first kappa shape index (κ1) is 14.0. The first-order chi connectivity index (χ1) is 9.54. The molecule has 1 aliphatic rings. The quantitative estimate of drug-likeness (QED) is 0.795. The van der Waals surface area contributed by atoms with Gasteiger partial charge in [-0.15, -0.1) is 0 Å². The Morgan fingerprint density at radius 3 is 2.75 bits per heavy atom. The third-order valence-electron chi connectivity index (χ3n) is 3.29. The van der Waals surface area contributed by atoms with E-state index in [2.05, 4.69) is 10.1 Å². The molecule has 0 spiro atoms. The molecule has 2 rings (SSSR count). The summed E-state index contributed by atoms with van der Waals surface area (Å²) in [4.78, 5) is 37.0. The van der Waals surface area contributed by atoms with Gasteiger partial charge in [-0.1, -0.05) is 6.07 Å². The van der Waals surface area contributed by atoms with Crippen molar-refractivity contribution in [2.45, 2.75) is 13.0 Å². The Bertz CT molecular complexity index is 556. The molecule has 0 aromatic heterocycles. The number of methoxy groups -OCH3 is 1. The van der Waals surface area contributed by atoms with E-state index in [1.54, 1.807) is 25.1 Å². The van der Waals surface area contributed by atoms with Gasteiger partial charge >= 0.3 is 5.97 Å². The number of nitrogens with one attached hydrogen (secondary N) is 1. The number of hydrogen-bond acceptors (Lipinski definition) is 4. The van der Waals surface area contributed by atoms with Crippen molar-refractivity contribution in [3.63, 3.8) is 0 Å². The van der Waals surface area contributed by atoms with E-state index in [1.807, 2.05) is 0 Å². The number of rotatable bonds is 2. The molecule has 6 nitrogen and oxygen atoms in total. The topological polar surface area (TPSA) is 75.7 Å². The largest absolute Gasteiger partial charge is 0.465 e. The van der Waals surface area contributed by atoms with Crippen LogP contribution in [0, 0.1) is 0 Å². The summed E-state index contributed by atoms with van der Waals surface area (Å²) in [5.41, 5.74) is 0.682. The number of piperazine rings is 1. The van der Waals surface area contributed by atoms with Crippen molar-refractivity contribution in [1.29, 1.82) is 0 Å². The second-order valence-corrected chi connectivity index (χ2v) is 4.54. The van der Waals surface area contributed by atoms with Crippen LogP contribution in [0.5, 0.6) is 0 Å². The fraction of sp³-hybridized carbons (Fsp3) is 0.357. The lowest BCUT2D eigenvalue weighted by Crippen LogP contribution is -2.55. The van der Waals surface area contributed by atoms with Crippen molar-refractivity contribution >= 4 is 17.8 Å².